The third kappa shape index (κ3) is 3.35. The van der Waals surface area contributed by atoms with E-state index >= 15 is 0 Å². The SMILES string of the molecule is O=C(CCn1ccn2nc3c(c2c1=O)CCCC3)NCc1ccc2c(c1)OCO2. The van der Waals surface area contributed by atoms with E-state index in [1.165, 1.54) is 0 Å². The van der Waals surface area contributed by atoms with Gasteiger partial charge in [0.1, 0.15) is 5.52 Å². The molecule has 2 aromatic heterocycles. The van der Waals surface area contributed by atoms with Gasteiger partial charge < -0.3 is 19.4 Å². The number of aromatic nitrogens is 3. The molecule has 0 saturated heterocycles. The summed E-state index contributed by atoms with van der Waals surface area (Å²) in [7, 11) is 0. The molecule has 150 valence electrons. The summed E-state index contributed by atoms with van der Waals surface area (Å²) in [5, 5.41) is 7.44. The lowest BCUT2D eigenvalue weighted by Gasteiger charge is -2.10. The van der Waals surface area contributed by atoms with Crippen LogP contribution in [-0.2, 0) is 30.7 Å². The second-order valence-electron chi connectivity index (χ2n) is 7.44. The average Bonchev–Trinajstić information content (AvgIpc) is 3.35. The van der Waals surface area contributed by atoms with Crippen molar-refractivity contribution in [3.8, 4) is 11.5 Å². The Morgan fingerprint density at radius 1 is 1.14 bits per heavy atom. The zero-order valence-electron chi connectivity index (χ0n) is 16.0. The summed E-state index contributed by atoms with van der Waals surface area (Å²) in [6.07, 6.45) is 7.78. The molecule has 8 nitrogen and oxygen atoms in total. The Hall–Kier alpha value is -3.29. The topological polar surface area (TPSA) is 86.9 Å². The van der Waals surface area contributed by atoms with E-state index in [0.29, 0.717) is 24.4 Å². The summed E-state index contributed by atoms with van der Waals surface area (Å²) in [5.74, 6) is 1.31. The van der Waals surface area contributed by atoms with Crippen molar-refractivity contribution in [3.63, 3.8) is 0 Å². The summed E-state index contributed by atoms with van der Waals surface area (Å²) in [4.78, 5) is 25.2. The number of amides is 1. The number of ether oxygens (including phenoxy) is 2. The molecule has 3 heterocycles. The number of hydrogen-bond acceptors (Lipinski definition) is 5. The Kier molecular flexibility index (Phi) is 4.46. The minimum atomic E-state index is -0.107. The van der Waals surface area contributed by atoms with Gasteiger partial charge >= 0.3 is 0 Å². The van der Waals surface area contributed by atoms with Gasteiger partial charge in [0.15, 0.2) is 11.5 Å². The van der Waals surface area contributed by atoms with E-state index in [9.17, 15) is 9.59 Å². The predicted molar refractivity (Wildman–Crippen MR) is 105 cm³/mol. The Morgan fingerprint density at radius 2 is 2.00 bits per heavy atom. The Labute approximate surface area is 167 Å². The molecule has 0 saturated carbocycles. The number of nitrogens with one attached hydrogen (secondary N) is 1. The second-order valence-corrected chi connectivity index (χ2v) is 7.44. The Balaban J connectivity index is 1.24. The Morgan fingerprint density at radius 3 is 2.93 bits per heavy atom. The zero-order chi connectivity index (χ0) is 19.8. The van der Waals surface area contributed by atoms with Crippen LogP contribution in [0.4, 0.5) is 0 Å². The number of aryl methyl sites for hydroxylation is 3. The van der Waals surface area contributed by atoms with Crippen molar-refractivity contribution in [1.82, 2.24) is 19.5 Å². The lowest BCUT2D eigenvalue weighted by atomic mass is 9.97. The second kappa shape index (κ2) is 7.27. The molecule has 0 unspecified atom stereocenters. The number of hydrogen-bond donors (Lipinski definition) is 1. The van der Waals surface area contributed by atoms with Crippen molar-refractivity contribution >= 4 is 11.4 Å². The molecule has 0 radical (unpaired) electrons. The number of carbonyl (C=O) groups is 1. The van der Waals surface area contributed by atoms with Crippen LogP contribution in [0.2, 0.25) is 0 Å². The van der Waals surface area contributed by atoms with Gasteiger partial charge in [0.2, 0.25) is 12.7 Å². The fourth-order valence-corrected chi connectivity index (χ4v) is 3.99. The van der Waals surface area contributed by atoms with E-state index in [1.807, 2.05) is 18.2 Å². The fraction of sp³-hybridized carbons (Fsp3) is 0.381. The van der Waals surface area contributed by atoms with Gasteiger partial charge in [0.25, 0.3) is 5.56 Å². The van der Waals surface area contributed by atoms with Crippen LogP contribution >= 0.6 is 0 Å². The molecule has 0 bridgehead atoms. The van der Waals surface area contributed by atoms with Crippen LogP contribution in [0.25, 0.3) is 5.52 Å². The molecule has 1 amide bonds. The highest BCUT2D eigenvalue weighted by atomic mass is 16.7. The number of carbonyl (C=O) groups excluding carboxylic acids is 1. The standard InChI is InChI=1S/C21H22N4O4/c26-19(22-12-14-5-6-17-18(11-14)29-13-28-17)7-8-24-9-10-25-20(21(24)27)15-3-1-2-4-16(15)23-25/h5-6,9-11H,1-4,7-8,12-13H2,(H,22,26). The first-order valence-electron chi connectivity index (χ1n) is 9.94. The number of nitrogens with zero attached hydrogens (tertiary/aromatic N) is 3. The molecular formula is C21H22N4O4. The molecule has 3 aromatic rings. The largest absolute Gasteiger partial charge is 0.454 e. The smallest absolute Gasteiger partial charge is 0.276 e. The van der Waals surface area contributed by atoms with Gasteiger partial charge in [-0.1, -0.05) is 6.07 Å². The van der Waals surface area contributed by atoms with E-state index in [4.69, 9.17) is 9.47 Å². The van der Waals surface area contributed by atoms with Gasteiger partial charge in [-0.15, -0.1) is 0 Å². The molecule has 1 N–H and O–H groups in total. The van der Waals surface area contributed by atoms with E-state index in [2.05, 4.69) is 10.4 Å². The summed E-state index contributed by atoms with van der Waals surface area (Å²) >= 11 is 0. The Bertz CT molecular complexity index is 1150. The van der Waals surface area contributed by atoms with Crippen LogP contribution in [0.5, 0.6) is 11.5 Å². The van der Waals surface area contributed by atoms with Gasteiger partial charge in [0.05, 0.1) is 5.69 Å². The van der Waals surface area contributed by atoms with Gasteiger partial charge in [0, 0.05) is 37.5 Å². The predicted octanol–water partition coefficient (Wildman–Crippen LogP) is 1.81. The van der Waals surface area contributed by atoms with Crippen LogP contribution in [0.3, 0.4) is 0 Å². The van der Waals surface area contributed by atoms with Crippen molar-refractivity contribution in [3.05, 3.63) is 57.8 Å². The maximum Gasteiger partial charge on any atom is 0.276 e. The highest BCUT2D eigenvalue weighted by Gasteiger charge is 2.19. The van der Waals surface area contributed by atoms with Gasteiger partial charge in [-0.05, 0) is 43.4 Å². The van der Waals surface area contributed by atoms with Crippen molar-refractivity contribution in [2.24, 2.45) is 0 Å². The van der Waals surface area contributed by atoms with Crippen LogP contribution in [-0.4, -0.2) is 26.9 Å². The normalized spacial score (nSPS) is 14.8. The molecule has 2 aliphatic rings. The molecular weight excluding hydrogens is 372 g/mol. The van der Waals surface area contributed by atoms with E-state index in [0.717, 1.165) is 48.3 Å². The van der Waals surface area contributed by atoms with Gasteiger partial charge in [-0.2, -0.15) is 5.10 Å². The summed E-state index contributed by atoms with van der Waals surface area (Å²) in [6.45, 7) is 0.965. The third-order valence-corrected chi connectivity index (χ3v) is 5.54. The van der Waals surface area contributed by atoms with Crippen molar-refractivity contribution < 1.29 is 14.3 Å². The molecule has 5 rings (SSSR count). The van der Waals surface area contributed by atoms with Crippen molar-refractivity contribution in [2.75, 3.05) is 6.79 Å². The van der Waals surface area contributed by atoms with Gasteiger partial charge in [-0.3, -0.25) is 9.59 Å². The maximum atomic E-state index is 12.9. The quantitative estimate of drug-likeness (QED) is 0.713. The first-order chi connectivity index (χ1) is 14.2. The zero-order valence-corrected chi connectivity index (χ0v) is 16.0. The van der Waals surface area contributed by atoms with Crippen LogP contribution in [0.15, 0.2) is 35.4 Å². The van der Waals surface area contributed by atoms with Crippen molar-refractivity contribution in [1.29, 1.82) is 0 Å². The average molecular weight is 394 g/mol. The lowest BCUT2D eigenvalue weighted by Crippen LogP contribution is -2.27. The van der Waals surface area contributed by atoms with E-state index < -0.39 is 0 Å². The van der Waals surface area contributed by atoms with Crippen LogP contribution in [0, 0.1) is 0 Å². The molecule has 0 atom stereocenters. The van der Waals surface area contributed by atoms with Crippen LogP contribution < -0.4 is 20.3 Å². The molecule has 1 aromatic carbocycles. The van der Waals surface area contributed by atoms with Gasteiger partial charge in [-0.25, -0.2) is 4.52 Å². The maximum absolute atomic E-state index is 12.9. The number of rotatable bonds is 5. The molecule has 0 spiro atoms. The minimum absolute atomic E-state index is 0.0771. The first kappa shape index (κ1) is 17.8. The summed E-state index contributed by atoms with van der Waals surface area (Å²) in [5.41, 5.74) is 3.62. The van der Waals surface area contributed by atoms with E-state index in [-0.39, 0.29) is 24.7 Å². The first-order valence-corrected chi connectivity index (χ1v) is 9.94. The number of benzene rings is 1. The monoisotopic (exact) mass is 394 g/mol. The highest BCUT2D eigenvalue weighted by molar-refractivity contribution is 5.75. The van der Waals surface area contributed by atoms with Crippen molar-refractivity contribution in [2.45, 2.75) is 45.2 Å². The minimum Gasteiger partial charge on any atom is -0.454 e. The summed E-state index contributed by atoms with van der Waals surface area (Å²) in [6, 6.07) is 5.60. The molecule has 0 fully saturated rings. The molecule has 1 aliphatic heterocycles. The third-order valence-electron chi connectivity index (χ3n) is 5.54. The molecule has 8 heteroatoms. The van der Waals surface area contributed by atoms with E-state index in [1.54, 1.807) is 21.5 Å². The number of fused-ring (bicyclic) bond motifs is 4. The highest BCUT2D eigenvalue weighted by Crippen LogP contribution is 2.32. The van der Waals surface area contributed by atoms with Crippen LogP contribution in [0.1, 0.15) is 36.1 Å². The molecule has 29 heavy (non-hydrogen) atoms. The lowest BCUT2D eigenvalue weighted by molar-refractivity contribution is -0.121. The fourth-order valence-electron chi connectivity index (χ4n) is 3.99. The molecule has 1 aliphatic carbocycles. The summed E-state index contributed by atoms with van der Waals surface area (Å²) < 4.78 is 13.9.